The molecule has 0 aliphatic heterocycles. The van der Waals surface area contributed by atoms with Gasteiger partial charge in [0.25, 0.3) is 0 Å². The van der Waals surface area contributed by atoms with Gasteiger partial charge in [-0.25, -0.2) is 0 Å². The Morgan fingerprint density at radius 2 is 2.13 bits per heavy atom. The molecule has 0 saturated carbocycles. The van der Waals surface area contributed by atoms with Gasteiger partial charge in [-0.1, -0.05) is 38.8 Å². The zero-order valence-corrected chi connectivity index (χ0v) is 10.3. The molecule has 0 saturated heterocycles. The van der Waals surface area contributed by atoms with E-state index in [0.29, 0.717) is 12.5 Å². The van der Waals surface area contributed by atoms with Crippen LogP contribution in [-0.4, -0.2) is 12.6 Å². The highest BCUT2D eigenvalue weighted by atomic mass is 16.5. The van der Waals surface area contributed by atoms with Crippen molar-refractivity contribution < 1.29 is 9.53 Å². The van der Waals surface area contributed by atoms with Crippen LogP contribution in [-0.2, 0) is 9.53 Å². The molecule has 2 heteroatoms. The number of carbonyl (C=O) groups is 1. The summed E-state index contributed by atoms with van der Waals surface area (Å²) in [5, 5.41) is 0. The predicted octanol–water partition coefficient (Wildman–Crippen LogP) is 3.71. The van der Waals surface area contributed by atoms with Gasteiger partial charge in [-0.15, -0.1) is 0 Å². The van der Waals surface area contributed by atoms with Gasteiger partial charge in [0.1, 0.15) is 0 Å². The maximum absolute atomic E-state index is 10.5. The molecule has 0 unspecified atom stereocenters. The summed E-state index contributed by atoms with van der Waals surface area (Å²) in [7, 11) is 0. The molecule has 0 aromatic heterocycles. The minimum atomic E-state index is -0.180. The summed E-state index contributed by atoms with van der Waals surface area (Å²) < 4.78 is 4.89. The molecule has 0 aromatic rings. The Morgan fingerprint density at radius 1 is 1.40 bits per heavy atom. The first-order valence-electron chi connectivity index (χ1n) is 5.95. The van der Waals surface area contributed by atoms with Crippen molar-refractivity contribution >= 4 is 5.97 Å². The fourth-order valence-corrected chi connectivity index (χ4v) is 1.29. The summed E-state index contributed by atoms with van der Waals surface area (Å²) in [5.41, 5.74) is 0. The SMILES string of the molecule is CCCC/C=C\C[C@H](C)CCOC(C)=O. The standard InChI is InChI=1S/C13H24O2/c1-4-5-6-7-8-9-12(2)10-11-15-13(3)14/h7-8,12H,4-6,9-11H2,1-3H3/b8-7-/t12-/m0/s1. The highest BCUT2D eigenvalue weighted by molar-refractivity contribution is 5.65. The van der Waals surface area contributed by atoms with Gasteiger partial charge >= 0.3 is 5.97 Å². The van der Waals surface area contributed by atoms with E-state index in [4.69, 9.17) is 4.74 Å². The average molecular weight is 212 g/mol. The quantitative estimate of drug-likeness (QED) is 0.348. The molecular weight excluding hydrogens is 188 g/mol. The molecule has 0 aromatic carbocycles. The average Bonchev–Trinajstić information content (AvgIpc) is 2.17. The Hall–Kier alpha value is -0.790. The van der Waals surface area contributed by atoms with E-state index in [9.17, 15) is 4.79 Å². The lowest BCUT2D eigenvalue weighted by Gasteiger charge is -2.07. The van der Waals surface area contributed by atoms with Gasteiger partial charge in [-0.3, -0.25) is 4.79 Å². The molecule has 1 atom stereocenters. The van der Waals surface area contributed by atoms with Crippen LogP contribution >= 0.6 is 0 Å². The van der Waals surface area contributed by atoms with E-state index in [1.54, 1.807) is 0 Å². The van der Waals surface area contributed by atoms with Crippen molar-refractivity contribution in [2.75, 3.05) is 6.61 Å². The zero-order valence-electron chi connectivity index (χ0n) is 10.3. The van der Waals surface area contributed by atoms with E-state index < -0.39 is 0 Å². The maximum atomic E-state index is 10.5. The molecule has 0 fully saturated rings. The van der Waals surface area contributed by atoms with Gasteiger partial charge in [0.2, 0.25) is 0 Å². The van der Waals surface area contributed by atoms with E-state index in [1.807, 2.05) is 0 Å². The Kier molecular flexibility index (Phi) is 9.24. The molecule has 0 bridgehead atoms. The second kappa shape index (κ2) is 9.75. The summed E-state index contributed by atoms with van der Waals surface area (Å²) in [4.78, 5) is 10.5. The van der Waals surface area contributed by atoms with Gasteiger partial charge in [0.05, 0.1) is 6.61 Å². The van der Waals surface area contributed by atoms with Crippen LogP contribution in [0.5, 0.6) is 0 Å². The summed E-state index contributed by atoms with van der Waals surface area (Å²) in [6.07, 6.45) is 10.3. The Balaban J connectivity index is 3.35. The second-order valence-corrected chi connectivity index (χ2v) is 4.08. The molecule has 0 radical (unpaired) electrons. The lowest BCUT2D eigenvalue weighted by atomic mass is 10.0. The Bertz CT molecular complexity index is 185. The number of hydrogen-bond acceptors (Lipinski definition) is 2. The van der Waals surface area contributed by atoms with Gasteiger partial charge in [-0.2, -0.15) is 0 Å². The third kappa shape index (κ3) is 11.1. The number of allylic oxidation sites excluding steroid dienone is 2. The molecule has 0 rings (SSSR count). The Labute approximate surface area is 93.7 Å². The fraction of sp³-hybridized carbons (Fsp3) is 0.769. The first-order chi connectivity index (χ1) is 7.16. The molecule has 0 heterocycles. The van der Waals surface area contributed by atoms with Crippen molar-refractivity contribution in [1.29, 1.82) is 0 Å². The number of unbranched alkanes of at least 4 members (excludes halogenated alkanes) is 2. The van der Waals surface area contributed by atoms with E-state index in [-0.39, 0.29) is 5.97 Å². The van der Waals surface area contributed by atoms with Crippen molar-refractivity contribution in [3.05, 3.63) is 12.2 Å². The van der Waals surface area contributed by atoms with Crippen LogP contribution in [0.4, 0.5) is 0 Å². The van der Waals surface area contributed by atoms with Crippen LogP contribution in [0.3, 0.4) is 0 Å². The van der Waals surface area contributed by atoms with Gasteiger partial charge in [0.15, 0.2) is 0 Å². The first-order valence-corrected chi connectivity index (χ1v) is 5.95. The second-order valence-electron chi connectivity index (χ2n) is 4.08. The van der Waals surface area contributed by atoms with Crippen molar-refractivity contribution in [2.45, 2.75) is 52.9 Å². The molecule has 0 aliphatic rings. The lowest BCUT2D eigenvalue weighted by Crippen LogP contribution is -2.04. The lowest BCUT2D eigenvalue weighted by molar-refractivity contribution is -0.141. The summed E-state index contributed by atoms with van der Waals surface area (Å²) in [5.74, 6) is 0.419. The first kappa shape index (κ1) is 14.2. The predicted molar refractivity (Wildman–Crippen MR) is 63.7 cm³/mol. The largest absolute Gasteiger partial charge is 0.466 e. The molecule has 2 nitrogen and oxygen atoms in total. The third-order valence-corrected chi connectivity index (χ3v) is 2.35. The van der Waals surface area contributed by atoms with Gasteiger partial charge < -0.3 is 4.74 Å². The summed E-state index contributed by atoms with van der Waals surface area (Å²) in [6, 6.07) is 0. The summed E-state index contributed by atoms with van der Waals surface area (Å²) >= 11 is 0. The number of hydrogen-bond donors (Lipinski definition) is 0. The van der Waals surface area contributed by atoms with Crippen LogP contribution < -0.4 is 0 Å². The summed E-state index contributed by atoms with van der Waals surface area (Å²) in [6.45, 7) is 6.40. The van der Waals surface area contributed by atoms with Crippen LogP contribution in [0, 0.1) is 5.92 Å². The normalized spacial score (nSPS) is 13.0. The minimum Gasteiger partial charge on any atom is -0.466 e. The molecule has 0 aliphatic carbocycles. The monoisotopic (exact) mass is 212 g/mol. The van der Waals surface area contributed by atoms with Crippen LogP contribution in [0.2, 0.25) is 0 Å². The van der Waals surface area contributed by atoms with E-state index in [2.05, 4.69) is 26.0 Å². The van der Waals surface area contributed by atoms with Crippen molar-refractivity contribution in [2.24, 2.45) is 5.92 Å². The van der Waals surface area contributed by atoms with Crippen LogP contribution in [0.1, 0.15) is 52.9 Å². The molecule has 0 amide bonds. The molecule has 0 spiro atoms. The van der Waals surface area contributed by atoms with Gasteiger partial charge in [0, 0.05) is 6.92 Å². The third-order valence-electron chi connectivity index (χ3n) is 2.35. The molecular formula is C13H24O2. The van der Waals surface area contributed by atoms with Crippen molar-refractivity contribution in [3.63, 3.8) is 0 Å². The number of esters is 1. The number of ether oxygens (including phenoxy) is 1. The fourth-order valence-electron chi connectivity index (χ4n) is 1.29. The topological polar surface area (TPSA) is 26.3 Å². The highest BCUT2D eigenvalue weighted by Gasteiger charge is 2.00. The van der Waals surface area contributed by atoms with Crippen molar-refractivity contribution in [1.82, 2.24) is 0 Å². The minimum absolute atomic E-state index is 0.180. The maximum Gasteiger partial charge on any atom is 0.302 e. The van der Waals surface area contributed by atoms with Crippen LogP contribution in [0.15, 0.2) is 12.2 Å². The molecule has 15 heavy (non-hydrogen) atoms. The van der Waals surface area contributed by atoms with E-state index >= 15 is 0 Å². The molecule has 88 valence electrons. The number of carbonyl (C=O) groups excluding carboxylic acids is 1. The highest BCUT2D eigenvalue weighted by Crippen LogP contribution is 2.09. The van der Waals surface area contributed by atoms with Crippen molar-refractivity contribution in [3.8, 4) is 0 Å². The Morgan fingerprint density at radius 3 is 2.73 bits per heavy atom. The smallest absolute Gasteiger partial charge is 0.302 e. The van der Waals surface area contributed by atoms with Gasteiger partial charge in [-0.05, 0) is 25.2 Å². The van der Waals surface area contributed by atoms with E-state index in [0.717, 1.165) is 12.8 Å². The number of rotatable bonds is 8. The van der Waals surface area contributed by atoms with E-state index in [1.165, 1.54) is 26.2 Å². The van der Waals surface area contributed by atoms with Crippen LogP contribution in [0.25, 0.3) is 0 Å². The zero-order chi connectivity index (χ0) is 11.5. The molecule has 0 N–H and O–H groups in total.